The van der Waals surface area contributed by atoms with Crippen molar-refractivity contribution < 1.29 is 33.3 Å². The van der Waals surface area contributed by atoms with Gasteiger partial charge < -0.3 is 14.4 Å². The van der Waals surface area contributed by atoms with Gasteiger partial charge >= 0.3 is 18.9 Å². The molecule has 0 aromatic carbocycles. The van der Waals surface area contributed by atoms with Crippen molar-refractivity contribution in [2.24, 2.45) is 7.05 Å². The molecule has 0 aliphatic heterocycles. The first kappa shape index (κ1) is 10.1. The Kier molecular flexibility index (Phi) is 3.17. The van der Waals surface area contributed by atoms with E-state index in [0.717, 1.165) is 10.8 Å². The zero-order chi connectivity index (χ0) is 7.72. The minimum Gasteiger partial charge on any atom is -0.541 e. The molecule has 11 heavy (non-hydrogen) atoms. The first-order valence-electron chi connectivity index (χ1n) is 2.50. The molecule has 1 aromatic heterocycles. The number of carbonyl (C=O) groups is 1. The van der Waals surface area contributed by atoms with Gasteiger partial charge in [-0.3, -0.25) is 4.79 Å². The van der Waals surface area contributed by atoms with Gasteiger partial charge in [0.15, 0.2) is 5.76 Å². The maximum atomic E-state index is 10.5. The first-order valence-corrected chi connectivity index (χ1v) is 2.50. The van der Waals surface area contributed by atoms with Crippen molar-refractivity contribution in [1.82, 2.24) is 4.74 Å². The van der Waals surface area contributed by atoms with E-state index in [2.05, 4.69) is 4.52 Å². The third-order valence-electron chi connectivity index (χ3n) is 1.00. The van der Waals surface area contributed by atoms with Gasteiger partial charge in [-0.25, -0.2) is 0 Å². The monoisotopic (exact) mass is 149 g/mol. The Morgan fingerprint density at radius 2 is 2.27 bits per heavy atom. The molecule has 0 aliphatic carbocycles. The van der Waals surface area contributed by atoms with Crippen LogP contribution in [0.2, 0.25) is 0 Å². The third-order valence-corrected chi connectivity index (χ3v) is 1.00. The molecule has 0 aliphatic rings. The first-order chi connectivity index (χ1) is 4.61. The van der Waals surface area contributed by atoms with E-state index < -0.39 is 17.3 Å². The summed E-state index contributed by atoms with van der Waals surface area (Å²) in [6.07, 6.45) is 0. The predicted octanol–water partition coefficient (Wildman–Crippen LogP) is -4.65. The van der Waals surface area contributed by atoms with Crippen molar-refractivity contribution in [2.45, 2.75) is 0 Å². The molecule has 0 amide bonds. The Morgan fingerprint density at radius 3 is 2.45 bits per heavy atom. The van der Waals surface area contributed by atoms with Crippen LogP contribution in [0, 0.1) is 0 Å². The van der Waals surface area contributed by atoms with E-state index in [1.54, 1.807) is 0 Å². The van der Waals surface area contributed by atoms with Gasteiger partial charge in [-0.15, -0.1) is 0 Å². The van der Waals surface area contributed by atoms with E-state index in [-0.39, 0.29) is 18.9 Å². The number of rotatable bonds is 1. The number of aromatic carboxylic acids is 1. The summed E-state index contributed by atoms with van der Waals surface area (Å²) >= 11 is 0. The van der Waals surface area contributed by atoms with Crippen molar-refractivity contribution in [3.63, 3.8) is 0 Å². The van der Waals surface area contributed by atoms with Crippen LogP contribution < -0.4 is 29.5 Å². The topological polar surface area (TPSA) is 75.3 Å². The van der Waals surface area contributed by atoms with Gasteiger partial charge in [0.1, 0.15) is 5.97 Å². The molecule has 0 saturated carbocycles. The number of hydrogen-bond acceptors (Lipinski definition) is 4. The van der Waals surface area contributed by atoms with Gasteiger partial charge in [-0.2, -0.15) is 4.74 Å². The number of carboxylic acid groups (broad SMARTS) is 1. The standard InChI is InChI=1S/C5H5NO4.Li/c1-6-4(7)2-3(10-6)5(8)9;/h2H,1H3,(H,8,9);/q;+1/p-1. The molecule has 1 heterocycles. The van der Waals surface area contributed by atoms with Gasteiger partial charge in [0.25, 0.3) is 5.56 Å². The normalized spacial score (nSPS) is 8.82. The van der Waals surface area contributed by atoms with Gasteiger partial charge in [-0.1, -0.05) is 0 Å². The van der Waals surface area contributed by atoms with Gasteiger partial charge in [0.05, 0.1) is 6.07 Å². The molecule has 0 atom stereocenters. The van der Waals surface area contributed by atoms with E-state index in [0.29, 0.717) is 0 Å². The molecule has 54 valence electrons. The molecule has 5 nitrogen and oxygen atoms in total. The minimum absolute atomic E-state index is 0. The summed E-state index contributed by atoms with van der Waals surface area (Å²) in [5.74, 6) is -1.94. The van der Waals surface area contributed by atoms with Crippen LogP contribution in [0.15, 0.2) is 15.4 Å². The Balaban J connectivity index is 0.000001000. The fourth-order valence-corrected chi connectivity index (χ4v) is 0.518. The van der Waals surface area contributed by atoms with E-state index in [4.69, 9.17) is 0 Å². The molecule has 0 fully saturated rings. The zero-order valence-electron chi connectivity index (χ0n) is 6.16. The van der Waals surface area contributed by atoms with Crippen molar-refractivity contribution >= 4 is 5.97 Å². The average molecular weight is 149 g/mol. The molecule has 0 radical (unpaired) electrons. The van der Waals surface area contributed by atoms with Crippen LogP contribution in [0.25, 0.3) is 0 Å². The van der Waals surface area contributed by atoms with Crippen LogP contribution in [0.5, 0.6) is 0 Å². The molecule has 0 saturated heterocycles. The molecule has 0 N–H and O–H groups in total. The third kappa shape index (κ3) is 2.00. The summed E-state index contributed by atoms with van der Waals surface area (Å²) in [5, 5.41) is 10.0. The smallest absolute Gasteiger partial charge is 0.541 e. The van der Waals surface area contributed by atoms with Crippen LogP contribution >= 0.6 is 0 Å². The van der Waals surface area contributed by atoms with Crippen molar-refractivity contribution in [1.29, 1.82) is 0 Å². The number of carboxylic acids is 1. The van der Waals surface area contributed by atoms with Crippen LogP contribution in [0.1, 0.15) is 10.6 Å². The van der Waals surface area contributed by atoms with E-state index in [9.17, 15) is 14.7 Å². The second kappa shape index (κ2) is 3.46. The van der Waals surface area contributed by atoms with E-state index in [1.807, 2.05) is 0 Å². The number of aromatic nitrogens is 1. The van der Waals surface area contributed by atoms with Gasteiger partial charge in [-0.05, 0) is 0 Å². The molecular formula is C5H4LiNO4. The van der Waals surface area contributed by atoms with Crippen molar-refractivity contribution in [3.05, 3.63) is 22.2 Å². The summed E-state index contributed by atoms with van der Waals surface area (Å²) in [7, 11) is 1.31. The van der Waals surface area contributed by atoms with Crippen LogP contribution in [-0.2, 0) is 7.05 Å². The van der Waals surface area contributed by atoms with E-state index in [1.165, 1.54) is 7.05 Å². The quantitative estimate of drug-likeness (QED) is 0.376. The number of carbonyl (C=O) groups excluding carboxylic acids is 1. The fraction of sp³-hybridized carbons (Fsp3) is 0.200. The van der Waals surface area contributed by atoms with Crippen molar-refractivity contribution in [2.75, 3.05) is 0 Å². The van der Waals surface area contributed by atoms with Crippen LogP contribution in [0.3, 0.4) is 0 Å². The summed E-state index contributed by atoms with van der Waals surface area (Å²) in [6, 6.07) is 0.856. The number of nitrogens with zero attached hydrogens (tertiary/aromatic N) is 1. The van der Waals surface area contributed by atoms with E-state index >= 15 is 0 Å². The Morgan fingerprint density at radius 1 is 1.73 bits per heavy atom. The number of aryl methyl sites for hydroxylation is 1. The second-order valence-corrected chi connectivity index (χ2v) is 1.72. The maximum absolute atomic E-state index is 10.5. The predicted molar refractivity (Wildman–Crippen MR) is 28.3 cm³/mol. The largest absolute Gasteiger partial charge is 1.00 e. The summed E-state index contributed by atoms with van der Waals surface area (Å²) in [5.41, 5.74) is -0.501. The molecule has 1 aromatic rings. The summed E-state index contributed by atoms with van der Waals surface area (Å²) in [4.78, 5) is 20.5. The Labute approximate surface area is 73.8 Å². The fourth-order valence-electron chi connectivity index (χ4n) is 0.518. The minimum atomic E-state index is -1.49. The zero-order valence-corrected chi connectivity index (χ0v) is 6.16. The number of hydrogen-bond donors (Lipinski definition) is 0. The van der Waals surface area contributed by atoms with Gasteiger partial charge in [0, 0.05) is 7.05 Å². The van der Waals surface area contributed by atoms with Gasteiger partial charge in [0.2, 0.25) is 0 Å². The SMILES string of the molecule is Cn1oc(C(=O)[O-])cc1=O.[Li+]. The Hall–Kier alpha value is -0.923. The Bertz CT molecular complexity index is 313. The van der Waals surface area contributed by atoms with Crippen molar-refractivity contribution in [3.8, 4) is 0 Å². The molecule has 6 heteroatoms. The molecule has 0 unspecified atom stereocenters. The average Bonchev–Trinajstić information content (AvgIpc) is 2.13. The molecule has 0 spiro atoms. The maximum Gasteiger partial charge on any atom is 1.00 e. The molecule has 0 bridgehead atoms. The van der Waals surface area contributed by atoms with Crippen LogP contribution in [0.4, 0.5) is 0 Å². The molecular weight excluding hydrogens is 145 g/mol. The summed E-state index contributed by atoms with van der Waals surface area (Å²) < 4.78 is 5.23. The van der Waals surface area contributed by atoms with Crippen LogP contribution in [-0.4, -0.2) is 10.7 Å². The molecule has 1 rings (SSSR count). The summed E-state index contributed by atoms with van der Waals surface area (Å²) in [6.45, 7) is 0. The second-order valence-electron chi connectivity index (χ2n) is 1.72.